The minimum Gasteiger partial charge on any atom is -0.373 e. The molecule has 1 atom stereocenters. The molecule has 3 rings (SSSR count). The first-order valence-electron chi connectivity index (χ1n) is 9.54. The van der Waals surface area contributed by atoms with Gasteiger partial charge in [0.05, 0.1) is 5.69 Å². The number of fused-ring (bicyclic) bond motifs is 1. The molecule has 146 valence electrons. The molecule has 0 aromatic carbocycles. The molecule has 1 fully saturated rings. The summed E-state index contributed by atoms with van der Waals surface area (Å²) in [6.07, 6.45) is 2.85. The van der Waals surface area contributed by atoms with Gasteiger partial charge < -0.3 is 10.6 Å². The Morgan fingerprint density at radius 2 is 2.08 bits per heavy atom. The highest BCUT2D eigenvalue weighted by molar-refractivity contribution is 7.86. The van der Waals surface area contributed by atoms with Crippen molar-refractivity contribution in [2.75, 3.05) is 45.1 Å². The summed E-state index contributed by atoms with van der Waals surface area (Å²) in [6.45, 7) is 7.44. The number of piperidine rings is 1. The first-order valence-corrected chi connectivity index (χ1v) is 10.9. The molecule has 26 heavy (non-hydrogen) atoms. The van der Waals surface area contributed by atoms with Crippen molar-refractivity contribution in [3.05, 3.63) is 17.1 Å². The average Bonchev–Trinajstić information content (AvgIpc) is 2.68. The van der Waals surface area contributed by atoms with Gasteiger partial charge in [-0.2, -0.15) is 17.0 Å². The van der Waals surface area contributed by atoms with Crippen LogP contribution in [0.4, 0.5) is 5.82 Å². The third kappa shape index (κ3) is 3.71. The Morgan fingerprint density at radius 3 is 2.69 bits per heavy atom. The molecule has 1 aromatic rings. The van der Waals surface area contributed by atoms with Gasteiger partial charge in [-0.25, -0.2) is 9.97 Å². The van der Waals surface area contributed by atoms with Gasteiger partial charge in [-0.05, 0) is 19.4 Å². The van der Waals surface area contributed by atoms with Crippen LogP contribution in [0.1, 0.15) is 49.7 Å². The molecule has 2 aliphatic rings. The van der Waals surface area contributed by atoms with Crippen molar-refractivity contribution >= 4 is 16.0 Å². The SMILES string of the molecule is CCN(CC)S(=O)(=O)N1CCc2nc([C@@H]3CCCNC3)nc(NC)c2C1. The molecule has 9 heteroatoms. The van der Waals surface area contributed by atoms with Gasteiger partial charge in [0.2, 0.25) is 0 Å². The first kappa shape index (κ1) is 19.5. The van der Waals surface area contributed by atoms with E-state index in [0.29, 0.717) is 38.5 Å². The monoisotopic (exact) mass is 382 g/mol. The van der Waals surface area contributed by atoms with Gasteiger partial charge in [-0.3, -0.25) is 0 Å². The lowest BCUT2D eigenvalue weighted by molar-refractivity contribution is 0.332. The molecule has 0 bridgehead atoms. The lowest BCUT2D eigenvalue weighted by atomic mass is 9.98. The minimum absolute atomic E-state index is 0.327. The van der Waals surface area contributed by atoms with Crippen LogP contribution in [0.2, 0.25) is 0 Å². The predicted molar refractivity (Wildman–Crippen MR) is 102 cm³/mol. The van der Waals surface area contributed by atoms with Crippen LogP contribution in [-0.4, -0.2) is 66.8 Å². The van der Waals surface area contributed by atoms with Gasteiger partial charge in [0.1, 0.15) is 11.6 Å². The van der Waals surface area contributed by atoms with E-state index in [2.05, 4.69) is 10.6 Å². The van der Waals surface area contributed by atoms with E-state index < -0.39 is 10.2 Å². The Kier molecular flexibility index (Phi) is 6.11. The molecule has 3 heterocycles. The van der Waals surface area contributed by atoms with Crippen LogP contribution in [0.25, 0.3) is 0 Å². The van der Waals surface area contributed by atoms with Crippen LogP contribution in [0.15, 0.2) is 0 Å². The number of aromatic nitrogens is 2. The zero-order valence-electron chi connectivity index (χ0n) is 16.0. The predicted octanol–water partition coefficient (Wildman–Crippen LogP) is 0.930. The molecule has 0 aliphatic carbocycles. The largest absolute Gasteiger partial charge is 0.373 e. The molecule has 1 saturated heterocycles. The third-order valence-corrected chi connectivity index (χ3v) is 7.43. The molecule has 2 N–H and O–H groups in total. The van der Waals surface area contributed by atoms with Crippen molar-refractivity contribution in [3.8, 4) is 0 Å². The summed E-state index contributed by atoms with van der Waals surface area (Å²) in [6, 6.07) is 0. The Morgan fingerprint density at radius 1 is 1.31 bits per heavy atom. The van der Waals surface area contributed by atoms with Gasteiger partial charge in [0.15, 0.2) is 0 Å². The first-order chi connectivity index (χ1) is 12.5. The Balaban J connectivity index is 1.89. The fourth-order valence-electron chi connectivity index (χ4n) is 3.78. The molecule has 0 unspecified atom stereocenters. The lowest BCUT2D eigenvalue weighted by Gasteiger charge is -2.33. The van der Waals surface area contributed by atoms with Crippen LogP contribution in [0.3, 0.4) is 0 Å². The summed E-state index contributed by atoms with van der Waals surface area (Å²) >= 11 is 0. The van der Waals surface area contributed by atoms with Crippen LogP contribution < -0.4 is 10.6 Å². The van der Waals surface area contributed by atoms with Crippen molar-refractivity contribution < 1.29 is 8.42 Å². The highest BCUT2D eigenvalue weighted by atomic mass is 32.2. The lowest BCUT2D eigenvalue weighted by Crippen LogP contribution is -2.46. The zero-order valence-corrected chi connectivity index (χ0v) is 16.8. The van der Waals surface area contributed by atoms with Crippen molar-refractivity contribution in [1.82, 2.24) is 23.9 Å². The quantitative estimate of drug-likeness (QED) is 0.761. The maximum Gasteiger partial charge on any atom is 0.282 e. The molecule has 0 radical (unpaired) electrons. The van der Waals surface area contributed by atoms with Gasteiger partial charge in [0.25, 0.3) is 10.2 Å². The normalized spacial score (nSPS) is 21.6. The number of rotatable bonds is 6. The van der Waals surface area contributed by atoms with Gasteiger partial charge in [-0.15, -0.1) is 0 Å². The van der Waals surface area contributed by atoms with Gasteiger partial charge in [-0.1, -0.05) is 13.8 Å². The van der Waals surface area contributed by atoms with Gasteiger partial charge in [0, 0.05) is 57.7 Å². The fourth-order valence-corrected chi connectivity index (χ4v) is 5.37. The molecule has 1 aromatic heterocycles. The van der Waals surface area contributed by atoms with E-state index in [0.717, 1.165) is 48.8 Å². The van der Waals surface area contributed by atoms with E-state index in [9.17, 15) is 8.42 Å². The topological polar surface area (TPSA) is 90.5 Å². The van der Waals surface area contributed by atoms with Crippen LogP contribution in [-0.2, 0) is 23.2 Å². The van der Waals surface area contributed by atoms with E-state index in [1.165, 1.54) is 4.31 Å². The Bertz CT molecular complexity index is 712. The van der Waals surface area contributed by atoms with Crippen molar-refractivity contribution in [1.29, 1.82) is 0 Å². The Labute approximate surface area is 156 Å². The summed E-state index contributed by atoms with van der Waals surface area (Å²) in [7, 11) is -1.61. The highest BCUT2D eigenvalue weighted by Crippen LogP contribution is 2.29. The fraction of sp³-hybridized carbons (Fsp3) is 0.765. The maximum absolute atomic E-state index is 12.9. The second-order valence-corrected chi connectivity index (χ2v) is 8.75. The smallest absolute Gasteiger partial charge is 0.282 e. The van der Waals surface area contributed by atoms with Crippen molar-refractivity contribution in [3.63, 3.8) is 0 Å². The number of anilines is 1. The van der Waals surface area contributed by atoms with E-state index in [4.69, 9.17) is 9.97 Å². The Hall–Kier alpha value is -1.29. The standard InChI is InChI=1S/C17H30N6O2S/c1-4-22(5-2)26(24,25)23-10-8-15-14(12-23)17(18-3)21-16(20-15)13-7-6-9-19-11-13/h13,19H,4-12H2,1-3H3,(H,18,20,21)/t13-/m1/s1. The molecular weight excluding hydrogens is 352 g/mol. The van der Waals surface area contributed by atoms with Crippen molar-refractivity contribution in [2.45, 2.75) is 45.6 Å². The number of hydrogen-bond donors (Lipinski definition) is 2. The van der Waals surface area contributed by atoms with Crippen molar-refractivity contribution in [2.24, 2.45) is 0 Å². The number of nitrogens with zero attached hydrogens (tertiary/aromatic N) is 4. The highest BCUT2D eigenvalue weighted by Gasteiger charge is 2.33. The second kappa shape index (κ2) is 8.16. The summed E-state index contributed by atoms with van der Waals surface area (Å²) < 4.78 is 28.8. The molecule has 0 saturated carbocycles. The summed E-state index contributed by atoms with van der Waals surface area (Å²) in [5, 5.41) is 6.57. The summed E-state index contributed by atoms with van der Waals surface area (Å²) in [5.74, 6) is 1.97. The van der Waals surface area contributed by atoms with E-state index in [1.54, 1.807) is 4.31 Å². The van der Waals surface area contributed by atoms with E-state index in [1.807, 2.05) is 20.9 Å². The molecular formula is C17H30N6O2S. The van der Waals surface area contributed by atoms with E-state index in [-0.39, 0.29) is 0 Å². The average molecular weight is 383 g/mol. The molecule has 2 aliphatic heterocycles. The summed E-state index contributed by atoms with van der Waals surface area (Å²) in [5.41, 5.74) is 1.89. The zero-order chi connectivity index (χ0) is 18.7. The number of hydrogen-bond acceptors (Lipinski definition) is 6. The second-order valence-electron chi connectivity index (χ2n) is 6.82. The minimum atomic E-state index is -3.45. The van der Waals surface area contributed by atoms with Crippen LogP contribution in [0.5, 0.6) is 0 Å². The van der Waals surface area contributed by atoms with Gasteiger partial charge >= 0.3 is 0 Å². The molecule has 0 spiro atoms. The van der Waals surface area contributed by atoms with Crippen LogP contribution in [0, 0.1) is 0 Å². The third-order valence-electron chi connectivity index (χ3n) is 5.30. The van der Waals surface area contributed by atoms with Crippen LogP contribution >= 0.6 is 0 Å². The van der Waals surface area contributed by atoms with E-state index >= 15 is 0 Å². The summed E-state index contributed by atoms with van der Waals surface area (Å²) in [4.78, 5) is 9.55. The number of nitrogens with one attached hydrogen (secondary N) is 2. The molecule has 8 nitrogen and oxygen atoms in total. The molecule has 0 amide bonds. The maximum atomic E-state index is 12.9.